The van der Waals surface area contributed by atoms with Crippen LogP contribution in [0.1, 0.15) is 50.8 Å². The van der Waals surface area contributed by atoms with Crippen molar-refractivity contribution in [2.75, 3.05) is 39.3 Å². The molecule has 0 aliphatic carbocycles. The molecule has 2 aliphatic heterocycles. The molecule has 2 N–H and O–H groups in total. The minimum atomic E-state index is -3.35. The van der Waals surface area contributed by atoms with Gasteiger partial charge in [0.2, 0.25) is 0 Å². The SMILES string of the molecule is CCNC(=NCc1ccc(S(=O)(=O)N2CCCCC2)s1)NCC1CCCN1CC. The summed E-state index contributed by atoms with van der Waals surface area (Å²) in [6.07, 6.45) is 5.51. The number of thiophene rings is 1. The van der Waals surface area contributed by atoms with E-state index in [9.17, 15) is 8.42 Å². The van der Waals surface area contributed by atoms with Crippen molar-refractivity contribution >= 4 is 27.3 Å². The number of sulfonamides is 1. The maximum atomic E-state index is 12.8. The number of piperidine rings is 1. The summed E-state index contributed by atoms with van der Waals surface area (Å²) in [5.74, 6) is 0.796. The summed E-state index contributed by atoms with van der Waals surface area (Å²) >= 11 is 1.34. The maximum Gasteiger partial charge on any atom is 0.252 e. The van der Waals surface area contributed by atoms with E-state index in [-0.39, 0.29) is 0 Å². The third kappa shape index (κ3) is 5.93. The van der Waals surface area contributed by atoms with Crippen molar-refractivity contribution in [1.29, 1.82) is 0 Å². The fraction of sp³-hybridized carbons (Fsp3) is 0.750. The van der Waals surface area contributed by atoms with Gasteiger partial charge >= 0.3 is 0 Å². The van der Waals surface area contributed by atoms with Crippen LogP contribution in [0.25, 0.3) is 0 Å². The van der Waals surface area contributed by atoms with Crippen molar-refractivity contribution in [3.05, 3.63) is 17.0 Å². The van der Waals surface area contributed by atoms with Crippen molar-refractivity contribution in [3.8, 4) is 0 Å². The molecular weight excluding hydrogens is 406 g/mol. The third-order valence-electron chi connectivity index (χ3n) is 5.69. The van der Waals surface area contributed by atoms with E-state index in [1.807, 2.05) is 6.07 Å². The highest BCUT2D eigenvalue weighted by Gasteiger charge is 2.27. The molecular formula is C20H35N5O2S2. The number of nitrogens with one attached hydrogen (secondary N) is 2. The molecule has 0 spiro atoms. The molecule has 0 amide bonds. The Morgan fingerprint density at radius 2 is 1.93 bits per heavy atom. The minimum Gasteiger partial charge on any atom is -0.357 e. The molecule has 3 heterocycles. The lowest BCUT2D eigenvalue weighted by atomic mass is 10.2. The van der Waals surface area contributed by atoms with E-state index >= 15 is 0 Å². The zero-order valence-electron chi connectivity index (χ0n) is 17.7. The number of guanidine groups is 1. The monoisotopic (exact) mass is 441 g/mol. The molecule has 2 aliphatic rings. The molecule has 29 heavy (non-hydrogen) atoms. The smallest absolute Gasteiger partial charge is 0.252 e. The molecule has 1 unspecified atom stereocenters. The average Bonchev–Trinajstić information content (AvgIpc) is 3.40. The lowest BCUT2D eigenvalue weighted by molar-refractivity contribution is 0.267. The van der Waals surface area contributed by atoms with Gasteiger partial charge in [0.1, 0.15) is 4.21 Å². The number of rotatable bonds is 8. The van der Waals surface area contributed by atoms with Crippen molar-refractivity contribution < 1.29 is 8.42 Å². The number of likely N-dealkylation sites (tertiary alicyclic amines) is 1. The molecule has 3 rings (SSSR count). The fourth-order valence-corrected chi connectivity index (χ4v) is 7.02. The van der Waals surface area contributed by atoms with Gasteiger partial charge in [0, 0.05) is 37.1 Å². The quantitative estimate of drug-likeness (QED) is 0.479. The molecule has 9 heteroatoms. The standard InChI is InChI=1S/C20H35N5O2S2/c1-3-21-20(22-15-17-9-8-12-24(17)4-2)23-16-18-10-11-19(28-18)29(26,27)25-13-6-5-7-14-25/h10-11,17H,3-9,12-16H2,1-2H3,(H2,21,22,23). The Labute approximate surface area is 179 Å². The second kappa shape index (κ2) is 10.7. The average molecular weight is 442 g/mol. The summed E-state index contributed by atoms with van der Waals surface area (Å²) < 4.78 is 27.7. The number of aliphatic imine (C=N–C) groups is 1. The third-order valence-corrected chi connectivity index (χ3v) is 9.13. The number of nitrogens with zero attached hydrogens (tertiary/aromatic N) is 3. The van der Waals surface area contributed by atoms with E-state index in [1.54, 1.807) is 10.4 Å². The van der Waals surface area contributed by atoms with Gasteiger partial charge in [-0.2, -0.15) is 4.31 Å². The van der Waals surface area contributed by atoms with Gasteiger partial charge in [-0.1, -0.05) is 13.3 Å². The van der Waals surface area contributed by atoms with Crippen LogP contribution in [0.3, 0.4) is 0 Å². The summed E-state index contributed by atoms with van der Waals surface area (Å²) in [6, 6.07) is 4.19. The second-order valence-electron chi connectivity index (χ2n) is 7.69. The lowest BCUT2D eigenvalue weighted by Crippen LogP contribution is -2.44. The molecule has 7 nitrogen and oxygen atoms in total. The van der Waals surface area contributed by atoms with Gasteiger partial charge in [0.25, 0.3) is 10.0 Å². The van der Waals surface area contributed by atoms with Gasteiger partial charge < -0.3 is 10.6 Å². The highest BCUT2D eigenvalue weighted by atomic mass is 32.2. The van der Waals surface area contributed by atoms with Gasteiger partial charge in [-0.05, 0) is 57.8 Å². The van der Waals surface area contributed by atoms with Crippen LogP contribution in [0.4, 0.5) is 0 Å². The molecule has 2 saturated heterocycles. The minimum absolute atomic E-state index is 0.437. The van der Waals surface area contributed by atoms with Crippen LogP contribution in [-0.2, 0) is 16.6 Å². The van der Waals surface area contributed by atoms with Gasteiger partial charge in [-0.15, -0.1) is 11.3 Å². The molecule has 0 radical (unpaired) electrons. The molecule has 164 valence electrons. The van der Waals surface area contributed by atoms with Gasteiger partial charge in [-0.3, -0.25) is 4.90 Å². The van der Waals surface area contributed by atoms with Gasteiger partial charge in [0.05, 0.1) is 6.54 Å². The number of hydrogen-bond acceptors (Lipinski definition) is 5. The van der Waals surface area contributed by atoms with Crippen LogP contribution in [0.2, 0.25) is 0 Å². The first-order valence-electron chi connectivity index (χ1n) is 10.9. The van der Waals surface area contributed by atoms with E-state index < -0.39 is 10.0 Å². The van der Waals surface area contributed by atoms with Gasteiger partial charge in [-0.25, -0.2) is 13.4 Å². The molecule has 0 saturated carbocycles. The first-order valence-corrected chi connectivity index (χ1v) is 13.1. The van der Waals surface area contributed by atoms with Crippen molar-refractivity contribution in [2.24, 2.45) is 4.99 Å². The Morgan fingerprint density at radius 1 is 1.14 bits per heavy atom. The highest BCUT2D eigenvalue weighted by Crippen LogP contribution is 2.27. The van der Waals surface area contributed by atoms with Crippen molar-refractivity contribution in [2.45, 2.75) is 62.7 Å². The Morgan fingerprint density at radius 3 is 2.66 bits per heavy atom. The Kier molecular flexibility index (Phi) is 8.35. The normalized spacial score (nSPS) is 22.1. The molecule has 0 aromatic carbocycles. The molecule has 1 aromatic rings. The fourth-order valence-electron chi connectivity index (χ4n) is 4.07. The molecule has 1 atom stereocenters. The summed E-state index contributed by atoms with van der Waals surface area (Å²) in [6.45, 7) is 9.98. The van der Waals surface area contributed by atoms with E-state index in [1.165, 1.54) is 30.7 Å². The van der Waals surface area contributed by atoms with Gasteiger partial charge in [0.15, 0.2) is 5.96 Å². The first kappa shape index (κ1) is 22.5. The second-order valence-corrected chi connectivity index (χ2v) is 11.0. The summed E-state index contributed by atoms with van der Waals surface area (Å²) in [5, 5.41) is 6.76. The van der Waals surface area contributed by atoms with E-state index in [2.05, 4.69) is 34.4 Å². The maximum absolute atomic E-state index is 12.8. The molecule has 2 fully saturated rings. The largest absolute Gasteiger partial charge is 0.357 e. The zero-order valence-corrected chi connectivity index (χ0v) is 19.3. The Hall–Kier alpha value is -1.16. The van der Waals surface area contributed by atoms with Crippen molar-refractivity contribution in [3.63, 3.8) is 0 Å². The zero-order chi connectivity index (χ0) is 20.7. The van der Waals surface area contributed by atoms with E-state index in [0.29, 0.717) is 29.9 Å². The van der Waals surface area contributed by atoms with Crippen LogP contribution in [-0.4, -0.2) is 68.9 Å². The summed E-state index contributed by atoms with van der Waals surface area (Å²) in [4.78, 5) is 8.16. The van der Waals surface area contributed by atoms with Crippen LogP contribution < -0.4 is 10.6 Å². The van der Waals surface area contributed by atoms with E-state index in [4.69, 9.17) is 0 Å². The number of hydrogen-bond donors (Lipinski definition) is 2. The van der Waals surface area contributed by atoms with E-state index in [0.717, 1.165) is 49.7 Å². The predicted molar refractivity (Wildman–Crippen MR) is 120 cm³/mol. The predicted octanol–water partition coefficient (Wildman–Crippen LogP) is 2.46. The Balaban J connectivity index is 1.59. The first-order chi connectivity index (χ1) is 14.0. The summed E-state index contributed by atoms with van der Waals surface area (Å²) in [5.41, 5.74) is 0. The van der Waals surface area contributed by atoms with Crippen LogP contribution in [0.15, 0.2) is 21.3 Å². The molecule has 0 bridgehead atoms. The Bertz CT molecular complexity index is 772. The number of likely N-dealkylation sites (N-methyl/N-ethyl adjacent to an activating group) is 1. The lowest BCUT2D eigenvalue weighted by Gasteiger charge is -2.25. The highest BCUT2D eigenvalue weighted by molar-refractivity contribution is 7.91. The van der Waals surface area contributed by atoms with Crippen LogP contribution >= 0.6 is 11.3 Å². The van der Waals surface area contributed by atoms with Crippen LogP contribution in [0.5, 0.6) is 0 Å². The topological polar surface area (TPSA) is 77.0 Å². The molecule has 1 aromatic heterocycles. The summed E-state index contributed by atoms with van der Waals surface area (Å²) in [7, 11) is -3.35. The van der Waals surface area contributed by atoms with Crippen LogP contribution in [0, 0.1) is 0 Å². The van der Waals surface area contributed by atoms with Crippen molar-refractivity contribution in [1.82, 2.24) is 19.8 Å².